The van der Waals surface area contributed by atoms with E-state index >= 15 is 0 Å². The van der Waals surface area contributed by atoms with Gasteiger partial charge in [-0.3, -0.25) is 0 Å². The van der Waals surface area contributed by atoms with Gasteiger partial charge in [-0.2, -0.15) is 11.8 Å². The van der Waals surface area contributed by atoms with Gasteiger partial charge < -0.3 is 5.11 Å². The number of rotatable bonds is 6. The zero-order valence-electron chi connectivity index (χ0n) is 10.4. The van der Waals surface area contributed by atoms with Gasteiger partial charge in [0.05, 0.1) is 0 Å². The summed E-state index contributed by atoms with van der Waals surface area (Å²) in [6.07, 6.45) is 0.882. The van der Waals surface area contributed by atoms with Gasteiger partial charge in [-0.05, 0) is 28.9 Å². The molecule has 18 heavy (non-hydrogen) atoms. The van der Waals surface area contributed by atoms with Gasteiger partial charge in [0.2, 0.25) is 0 Å². The molecule has 2 rings (SSSR count). The largest absolute Gasteiger partial charge is 0.396 e. The molecule has 94 valence electrons. The summed E-state index contributed by atoms with van der Waals surface area (Å²) in [6.45, 7) is 0.292. The van der Waals surface area contributed by atoms with Crippen molar-refractivity contribution < 1.29 is 5.11 Å². The van der Waals surface area contributed by atoms with Gasteiger partial charge in [-0.1, -0.05) is 54.6 Å². The van der Waals surface area contributed by atoms with Crippen molar-refractivity contribution in [3.63, 3.8) is 0 Å². The van der Waals surface area contributed by atoms with E-state index in [1.165, 1.54) is 16.7 Å². The van der Waals surface area contributed by atoms with E-state index in [0.717, 1.165) is 17.9 Å². The maximum absolute atomic E-state index is 8.71. The Morgan fingerprint density at radius 1 is 0.833 bits per heavy atom. The molecule has 0 unspecified atom stereocenters. The first kappa shape index (κ1) is 13.2. The summed E-state index contributed by atoms with van der Waals surface area (Å²) in [4.78, 5) is 0. The fourth-order valence-corrected chi connectivity index (χ4v) is 2.69. The summed E-state index contributed by atoms with van der Waals surface area (Å²) in [5, 5.41) is 8.71. The molecule has 0 spiro atoms. The molecule has 2 aromatic rings. The molecule has 0 radical (unpaired) electrons. The summed E-state index contributed by atoms with van der Waals surface area (Å²) in [7, 11) is 0. The molecule has 0 aliphatic heterocycles. The molecule has 2 heteroatoms. The monoisotopic (exact) mass is 258 g/mol. The molecule has 1 nitrogen and oxygen atoms in total. The third-order valence-electron chi connectivity index (χ3n) is 2.78. The van der Waals surface area contributed by atoms with Crippen LogP contribution in [0.4, 0.5) is 0 Å². The topological polar surface area (TPSA) is 20.2 Å². The molecule has 1 N–H and O–H groups in total. The van der Waals surface area contributed by atoms with Crippen LogP contribution in [0.5, 0.6) is 0 Å². The highest BCUT2D eigenvalue weighted by molar-refractivity contribution is 7.98. The number of benzene rings is 2. The average Bonchev–Trinajstić information content (AvgIpc) is 2.45. The summed E-state index contributed by atoms with van der Waals surface area (Å²) in [5.74, 6) is 2.05. The van der Waals surface area contributed by atoms with Crippen LogP contribution in [0, 0.1) is 0 Å². The summed E-state index contributed by atoms with van der Waals surface area (Å²) in [6, 6.07) is 19.2. The van der Waals surface area contributed by atoms with Gasteiger partial charge in [0.25, 0.3) is 0 Å². The van der Waals surface area contributed by atoms with E-state index < -0.39 is 0 Å². The normalized spacial score (nSPS) is 10.5. The molecule has 2 aromatic carbocycles. The van der Waals surface area contributed by atoms with Crippen LogP contribution in [-0.4, -0.2) is 17.5 Å². The van der Waals surface area contributed by atoms with Crippen LogP contribution in [0.15, 0.2) is 54.6 Å². The number of aliphatic hydroxyl groups is 1. The molecule has 0 saturated heterocycles. The lowest BCUT2D eigenvalue weighted by Crippen LogP contribution is -1.87. The second-order valence-corrected chi connectivity index (χ2v) is 5.30. The van der Waals surface area contributed by atoms with Gasteiger partial charge >= 0.3 is 0 Å². The highest BCUT2D eigenvalue weighted by atomic mass is 32.2. The van der Waals surface area contributed by atoms with Gasteiger partial charge in [0.15, 0.2) is 0 Å². The average molecular weight is 258 g/mol. The molecule has 0 fully saturated rings. The molecular weight excluding hydrogens is 240 g/mol. The smallest absolute Gasteiger partial charge is 0.0438 e. The van der Waals surface area contributed by atoms with Crippen molar-refractivity contribution >= 4 is 11.8 Å². The predicted molar refractivity (Wildman–Crippen MR) is 79.7 cm³/mol. The fourth-order valence-electron chi connectivity index (χ4n) is 1.78. The zero-order chi connectivity index (χ0) is 12.6. The molecular formula is C16H18OS. The molecule has 0 saturated carbocycles. The van der Waals surface area contributed by atoms with E-state index in [1.54, 1.807) is 0 Å². The lowest BCUT2D eigenvalue weighted by molar-refractivity contribution is 0.296. The van der Waals surface area contributed by atoms with Gasteiger partial charge in [-0.25, -0.2) is 0 Å². The van der Waals surface area contributed by atoms with Gasteiger partial charge in [0.1, 0.15) is 0 Å². The standard InChI is InChI=1S/C16H18OS/c17-11-4-12-18-13-14-7-9-16(10-8-14)15-5-2-1-3-6-15/h1-3,5-10,17H,4,11-13H2. The quantitative estimate of drug-likeness (QED) is 0.791. The van der Waals surface area contributed by atoms with Crippen molar-refractivity contribution in [1.29, 1.82) is 0 Å². The van der Waals surface area contributed by atoms with E-state index in [4.69, 9.17) is 5.11 Å². The second kappa shape index (κ2) is 7.24. The third kappa shape index (κ3) is 3.90. The molecule has 0 heterocycles. The van der Waals surface area contributed by atoms with Crippen LogP contribution in [0.3, 0.4) is 0 Å². The maximum atomic E-state index is 8.71. The zero-order valence-corrected chi connectivity index (χ0v) is 11.2. The van der Waals surface area contributed by atoms with Crippen molar-refractivity contribution in [1.82, 2.24) is 0 Å². The van der Waals surface area contributed by atoms with Gasteiger partial charge in [-0.15, -0.1) is 0 Å². The Morgan fingerprint density at radius 3 is 2.17 bits per heavy atom. The van der Waals surface area contributed by atoms with Crippen molar-refractivity contribution in [2.75, 3.05) is 12.4 Å². The van der Waals surface area contributed by atoms with Crippen LogP contribution in [-0.2, 0) is 5.75 Å². The Balaban J connectivity index is 1.94. The number of hydrogen-bond acceptors (Lipinski definition) is 2. The van der Waals surface area contributed by atoms with Crippen molar-refractivity contribution in [3.05, 3.63) is 60.2 Å². The second-order valence-electron chi connectivity index (χ2n) is 4.19. The fraction of sp³-hybridized carbons (Fsp3) is 0.250. The molecule has 0 aliphatic carbocycles. The Hall–Kier alpha value is -1.25. The third-order valence-corrected chi connectivity index (χ3v) is 3.89. The van der Waals surface area contributed by atoms with E-state index in [1.807, 2.05) is 17.8 Å². The van der Waals surface area contributed by atoms with Crippen molar-refractivity contribution in [2.45, 2.75) is 12.2 Å². The Kier molecular flexibility index (Phi) is 5.31. The first-order chi connectivity index (χ1) is 8.90. The van der Waals surface area contributed by atoms with Crippen LogP contribution in [0.1, 0.15) is 12.0 Å². The number of thioether (sulfide) groups is 1. The van der Waals surface area contributed by atoms with E-state index in [2.05, 4.69) is 48.5 Å². The Bertz CT molecular complexity index is 450. The van der Waals surface area contributed by atoms with Gasteiger partial charge in [0, 0.05) is 12.4 Å². The number of aliphatic hydroxyl groups excluding tert-OH is 1. The van der Waals surface area contributed by atoms with Crippen molar-refractivity contribution in [3.8, 4) is 11.1 Å². The predicted octanol–water partition coefficient (Wildman–Crippen LogP) is 3.97. The van der Waals surface area contributed by atoms with Crippen LogP contribution < -0.4 is 0 Å². The summed E-state index contributed by atoms with van der Waals surface area (Å²) in [5.41, 5.74) is 3.87. The maximum Gasteiger partial charge on any atom is 0.0438 e. The minimum atomic E-state index is 0.292. The highest BCUT2D eigenvalue weighted by Gasteiger charge is 1.97. The first-order valence-electron chi connectivity index (χ1n) is 6.23. The molecule has 0 amide bonds. The Labute approximate surface area is 113 Å². The SMILES string of the molecule is OCCCSCc1ccc(-c2ccccc2)cc1. The Morgan fingerprint density at radius 2 is 1.50 bits per heavy atom. The molecule has 0 aliphatic rings. The van der Waals surface area contributed by atoms with Crippen LogP contribution in [0.25, 0.3) is 11.1 Å². The number of hydrogen-bond donors (Lipinski definition) is 1. The summed E-state index contributed by atoms with van der Waals surface area (Å²) < 4.78 is 0. The minimum Gasteiger partial charge on any atom is -0.396 e. The lowest BCUT2D eigenvalue weighted by Gasteiger charge is -2.04. The molecule has 0 atom stereocenters. The van der Waals surface area contributed by atoms with Crippen LogP contribution >= 0.6 is 11.8 Å². The van der Waals surface area contributed by atoms with Crippen molar-refractivity contribution in [2.24, 2.45) is 0 Å². The van der Waals surface area contributed by atoms with E-state index in [-0.39, 0.29) is 0 Å². The molecule has 0 aromatic heterocycles. The lowest BCUT2D eigenvalue weighted by atomic mass is 10.0. The highest BCUT2D eigenvalue weighted by Crippen LogP contribution is 2.21. The summed E-state index contributed by atoms with van der Waals surface area (Å²) >= 11 is 1.87. The first-order valence-corrected chi connectivity index (χ1v) is 7.38. The molecule has 0 bridgehead atoms. The van der Waals surface area contributed by atoms with E-state index in [9.17, 15) is 0 Å². The van der Waals surface area contributed by atoms with E-state index in [0.29, 0.717) is 6.61 Å². The minimum absolute atomic E-state index is 0.292. The van der Waals surface area contributed by atoms with Crippen LogP contribution in [0.2, 0.25) is 0 Å².